The summed E-state index contributed by atoms with van der Waals surface area (Å²) in [6.07, 6.45) is 0. The second-order valence-corrected chi connectivity index (χ2v) is 4.04. The Morgan fingerprint density at radius 2 is 2.06 bits per heavy atom. The third-order valence-corrected chi connectivity index (χ3v) is 1.94. The van der Waals surface area contributed by atoms with Crippen LogP contribution in [0.1, 0.15) is 13.8 Å². The minimum absolute atomic E-state index is 0.00344. The van der Waals surface area contributed by atoms with Crippen LogP contribution in [0.4, 0.5) is 14.9 Å². The van der Waals surface area contributed by atoms with Crippen molar-refractivity contribution in [2.45, 2.75) is 19.9 Å². The first-order valence-corrected chi connectivity index (χ1v) is 5.57. The first kappa shape index (κ1) is 14.0. The Kier molecular flexibility index (Phi) is 5.10. The summed E-state index contributed by atoms with van der Waals surface area (Å²) in [5, 5.41) is 7.44. The molecule has 0 saturated carbocycles. The van der Waals surface area contributed by atoms with Gasteiger partial charge >= 0.3 is 6.03 Å². The van der Waals surface area contributed by atoms with E-state index in [0.717, 1.165) is 0 Å². The number of hydrogen-bond acceptors (Lipinski definition) is 2. The van der Waals surface area contributed by atoms with Crippen LogP contribution in [0.3, 0.4) is 0 Å². The predicted octanol–water partition coefficient (Wildman–Crippen LogP) is 1.47. The van der Waals surface area contributed by atoms with Crippen molar-refractivity contribution in [3.63, 3.8) is 0 Å². The highest BCUT2D eigenvalue weighted by molar-refractivity contribution is 5.94. The van der Waals surface area contributed by atoms with Gasteiger partial charge in [0.2, 0.25) is 5.91 Å². The van der Waals surface area contributed by atoms with Crippen molar-refractivity contribution in [1.29, 1.82) is 0 Å². The van der Waals surface area contributed by atoms with Gasteiger partial charge in [0.05, 0.1) is 6.54 Å². The third kappa shape index (κ3) is 5.29. The highest BCUT2D eigenvalue weighted by Gasteiger charge is 2.06. The smallest absolute Gasteiger partial charge is 0.315 e. The molecule has 1 aromatic rings. The molecular formula is C12H16FN3O2. The quantitative estimate of drug-likeness (QED) is 0.760. The molecule has 3 amide bonds. The van der Waals surface area contributed by atoms with Crippen molar-refractivity contribution in [3.8, 4) is 0 Å². The number of benzene rings is 1. The van der Waals surface area contributed by atoms with E-state index in [-0.39, 0.29) is 12.6 Å². The molecule has 0 atom stereocenters. The number of carbonyl (C=O) groups excluding carboxylic acids is 2. The van der Waals surface area contributed by atoms with Gasteiger partial charge in [-0.05, 0) is 32.0 Å². The Morgan fingerprint density at radius 1 is 1.33 bits per heavy atom. The number of halogens is 1. The van der Waals surface area contributed by atoms with Crippen LogP contribution in [0, 0.1) is 5.82 Å². The zero-order valence-electron chi connectivity index (χ0n) is 10.3. The first-order valence-electron chi connectivity index (χ1n) is 5.57. The lowest BCUT2D eigenvalue weighted by molar-refractivity contribution is -0.115. The van der Waals surface area contributed by atoms with E-state index in [4.69, 9.17) is 0 Å². The molecule has 1 rings (SSSR count). The Bertz CT molecular complexity index is 435. The number of hydrogen-bond donors (Lipinski definition) is 3. The average Bonchev–Trinajstić information content (AvgIpc) is 2.25. The molecule has 0 heterocycles. The van der Waals surface area contributed by atoms with E-state index in [1.54, 1.807) is 6.07 Å². The van der Waals surface area contributed by atoms with Gasteiger partial charge in [-0.3, -0.25) is 4.79 Å². The van der Waals surface area contributed by atoms with Crippen LogP contribution in [0.25, 0.3) is 0 Å². The molecule has 0 fully saturated rings. The number of rotatable bonds is 4. The van der Waals surface area contributed by atoms with Crippen molar-refractivity contribution in [3.05, 3.63) is 30.1 Å². The molecule has 0 radical (unpaired) electrons. The summed E-state index contributed by atoms with van der Waals surface area (Å²) in [5.41, 5.74) is 0.353. The summed E-state index contributed by atoms with van der Waals surface area (Å²) < 4.78 is 12.8. The molecule has 0 aromatic heterocycles. The molecule has 0 aliphatic heterocycles. The predicted molar refractivity (Wildman–Crippen MR) is 66.7 cm³/mol. The molecule has 1 aromatic carbocycles. The van der Waals surface area contributed by atoms with Crippen molar-refractivity contribution < 1.29 is 14.0 Å². The van der Waals surface area contributed by atoms with Crippen LogP contribution < -0.4 is 16.0 Å². The lowest BCUT2D eigenvalue weighted by Gasteiger charge is -2.10. The molecule has 0 aliphatic carbocycles. The third-order valence-electron chi connectivity index (χ3n) is 1.94. The molecule has 3 N–H and O–H groups in total. The number of anilines is 1. The van der Waals surface area contributed by atoms with Crippen LogP contribution >= 0.6 is 0 Å². The Balaban J connectivity index is 2.36. The minimum atomic E-state index is -0.432. The minimum Gasteiger partial charge on any atom is -0.336 e. The van der Waals surface area contributed by atoms with Crippen LogP contribution in [-0.4, -0.2) is 24.5 Å². The topological polar surface area (TPSA) is 70.2 Å². The highest BCUT2D eigenvalue weighted by Crippen LogP contribution is 2.08. The Hall–Kier alpha value is -2.11. The summed E-state index contributed by atoms with van der Waals surface area (Å²) in [6.45, 7) is 3.45. The lowest BCUT2D eigenvalue weighted by atomic mass is 10.3. The molecule has 98 valence electrons. The van der Waals surface area contributed by atoms with Crippen LogP contribution in [-0.2, 0) is 4.79 Å². The van der Waals surface area contributed by atoms with E-state index in [1.165, 1.54) is 18.2 Å². The maximum Gasteiger partial charge on any atom is 0.315 e. The van der Waals surface area contributed by atoms with Gasteiger partial charge < -0.3 is 16.0 Å². The molecule has 0 spiro atoms. The van der Waals surface area contributed by atoms with Crippen LogP contribution in [0.2, 0.25) is 0 Å². The number of urea groups is 1. The van der Waals surface area contributed by atoms with E-state index < -0.39 is 17.8 Å². The van der Waals surface area contributed by atoms with Crippen molar-refractivity contribution >= 4 is 17.6 Å². The number of nitrogens with one attached hydrogen (secondary N) is 3. The second kappa shape index (κ2) is 6.58. The van der Waals surface area contributed by atoms with Gasteiger partial charge in [0.15, 0.2) is 0 Å². The monoisotopic (exact) mass is 253 g/mol. The summed E-state index contributed by atoms with van der Waals surface area (Å²) in [7, 11) is 0. The highest BCUT2D eigenvalue weighted by atomic mass is 19.1. The molecule has 6 heteroatoms. The fourth-order valence-electron chi connectivity index (χ4n) is 1.25. The van der Waals surface area contributed by atoms with Gasteiger partial charge in [0.25, 0.3) is 0 Å². The van der Waals surface area contributed by atoms with E-state index in [2.05, 4.69) is 16.0 Å². The van der Waals surface area contributed by atoms with Gasteiger partial charge in [-0.15, -0.1) is 0 Å². The Labute approximate surface area is 105 Å². The summed E-state index contributed by atoms with van der Waals surface area (Å²) in [5.74, 6) is -0.849. The molecule has 18 heavy (non-hydrogen) atoms. The summed E-state index contributed by atoms with van der Waals surface area (Å²) in [4.78, 5) is 22.6. The standard InChI is InChI=1S/C12H16FN3O2/c1-8(2)15-12(18)14-7-11(17)16-10-5-3-4-9(13)6-10/h3-6,8H,7H2,1-2H3,(H,16,17)(H2,14,15,18). The van der Waals surface area contributed by atoms with Crippen LogP contribution in [0.15, 0.2) is 24.3 Å². The van der Waals surface area contributed by atoms with E-state index >= 15 is 0 Å². The summed E-state index contributed by atoms with van der Waals surface area (Å²) >= 11 is 0. The zero-order valence-corrected chi connectivity index (χ0v) is 10.3. The molecule has 5 nitrogen and oxygen atoms in total. The van der Waals surface area contributed by atoms with Crippen molar-refractivity contribution in [2.24, 2.45) is 0 Å². The first-order chi connectivity index (χ1) is 8.47. The maximum atomic E-state index is 12.8. The van der Waals surface area contributed by atoms with Crippen molar-refractivity contribution in [2.75, 3.05) is 11.9 Å². The SMILES string of the molecule is CC(C)NC(=O)NCC(=O)Nc1cccc(F)c1. The normalized spacial score (nSPS) is 10.0. The van der Waals surface area contributed by atoms with Gasteiger partial charge in [-0.1, -0.05) is 6.07 Å². The van der Waals surface area contributed by atoms with Gasteiger partial charge in [-0.25, -0.2) is 9.18 Å². The van der Waals surface area contributed by atoms with Crippen molar-refractivity contribution in [1.82, 2.24) is 10.6 Å². The number of carbonyl (C=O) groups is 2. The molecule has 0 aliphatic rings. The summed E-state index contributed by atoms with van der Waals surface area (Å²) in [6, 6.07) is 5.12. The Morgan fingerprint density at radius 3 is 2.67 bits per heavy atom. The second-order valence-electron chi connectivity index (χ2n) is 4.04. The van der Waals surface area contributed by atoms with E-state index in [9.17, 15) is 14.0 Å². The van der Waals surface area contributed by atoms with Gasteiger partial charge in [-0.2, -0.15) is 0 Å². The molecule has 0 saturated heterocycles. The fraction of sp³-hybridized carbons (Fsp3) is 0.333. The van der Waals surface area contributed by atoms with E-state index in [0.29, 0.717) is 5.69 Å². The maximum absolute atomic E-state index is 12.8. The van der Waals surface area contributed by atoms with Gasteiger partial charge in [0, 0.05) is 11.7 Å². The molecular weight excluding hydrogens is 237 g/mol. The zero-order chi connectivity index (χ0) is 13.5. The largest absolute Gasteiger partial charge is 0.336 e. The fourth-order valence-corrected chi connectivity index (χ4v) is 1.25. The number of amides is 3. The van der Waals surface area contributed by atoms with Gasteiger partial charge in [0.1, 0.15) is 5.82 Å². The lowest BCUT2D eigenvalue weighted by Crippen LogP contribution is -2.42. The van der Waals surface area contributed by atoms with E-state index in [1.807, 2.05) is 13.8 Å². The molecule has 0 unspecified atom stereocenters. The van der Waals surface area contributed by atoms with Crippen LogP contribution in [0.5, 0.6) is 0 Å². The average molecular weight is 253 g/mol. The molecule has 0 bridgehead atoms.